The molecule has 3 amide bonds. The predicted octanol–water partition coefficient (Wildman–Crippen LogP) is 4.21. The lowest BCUT2D eigenvalue weighted by atomic mass is 9.44. The Morgan fingerprint density at radius 2 is 1.76 bits per heavy atom. The van der Waals surface area contributed by atoms with Gasteiger partial charge in [0.1, 0.15) is 22.7 Å². The minimum atomic E-state index is -4.69. The maximum atomic E-state index is 13.8. The third-order valence-corrected chi connectivity index (χ3v) is 8.65. The monoisotopic (exact) mass is 595 g/mol. The van der Waals surface area contributed by atoms with E-state index in [1.165, 1.54) is 12.1 Å². The summed E-state index contributed by atoms with van der Waals surface area (Å²) in [5.74, 6) is -2.37. The van der Waals surface area contributed by atoms with Crippen LogP contribution in [0.25, 0.3) is 0 Å². The van der Waals surface area contributed by atoms with Gasteiger partial charge in [0.2, 0.25) is 5.91 Å². The molecule has 2 bridgehead atoms. The average molecular weight is 596 g/mol. The van der Waals surface area contributed by atoms with Gasteiger partial charge >= 0.3 is 6.18 Å². The number of rotatable bonds is 7. The molecule has 13 heteroatoms. The van der Waals surface area contributed by atoms with Gasteiger partial charge in [-0.15, -0.1) is 0 Å². The zero-order valence-electron chi connectivity index (χ0n) is 21.9. The zero-order valence-corrected chi connectivity index (χ0v) is 22.6. The summed E-state index contributed by atoms with van der Waals surface area (Å²) in [6.07, 6.45) is -5.11. The van der Waals surface area contributed by atoms with Crippen molar-refractivity contribution < 1.29 is 41.4 Å². The van der Waals surface area contributed by atoms with E-state index in [4.69, 9.17) is 21.1 Å². The third kappa shape index (κ3) is 4.75. The molecule has 0 saturated heterocycles. The van der Waals surface area contributed by atoms with E-state index < -0.39 is 52.3 Å². The molecule has 0 aromatic heterocycles. The molecule has 1 heterocycles. The van der Waals surface area contributed by atoms with Crippen LogP contribution >= 0.6 is 11.6 Å². The van der Waals surface area contributed by atoms with Gasteiger partial charge in [-0.1, -0.05) is 17.7 Å². The summed E-state index contributed by atoms with van der Waals surface area (Å²) in [4.78, 5) is 39.9. The molecule has 2 aromatic rings. The topological polar surface area (TPSA) is 97.0 Å². The van der Waals surface area contributed by atoms with E-state index in [2.05, 4.69) is 10.6 Å². The molecular weight excluding hydrogens is 570 g/mol. The van der Waals surface area contributed by atoms with Crippen LogP contribution in [-0.2, 0) is 14.4 Å². The Bertz CT molecular complexity index is 1440. The fraction of sp³-hybridized carbons (Fsp3) is 0.464. The Morgan fingerprint density at radius 1 is 1.07 bits per heavy atom. The minimum Gasteiger partial charge on any atom is -0.484 e. The van der Waals surface area contributed by atoms with Gasteiger partial charge in [0.05, 0.1) is 17.3 Å². The van der Waals surface area contributed by atoms with Crippen LogP contribution in [-0.4, -0.2) is 54.2 Å². The SMILES string of the molecule is Cc1ccc2c(c1)N(C(=O)C1(C(F)(F)F)CC1)CC(C(=O)NC13CC(NC(=O)COc4ccc(Cl)c(F)c4)(C1)C3)O2. The summed E-state index contributed by atoms with van der Waals surface area (Å²) >= 11 is 5.64. The number of alkyl halides is 3. The third-order valence-electron chi connectivity index (χ3n) is 8.35. The highest BCUT2D eigenvalue weighted by atomic mass is 35.5. The number of hydrogen-bond donors (Lipinski definition) is 2. The molecule has 41 heavy (non-hydrogen) atoms. The molecule has 5 aliphatic rings. The Morgan fingerprint density at radius 3 is 2.39 bits per heavy atom. The smallest absolute Gasteiger partial charge is 0.403 e. The van der Waals surface area contributed by atoms with Gasteiger partial charge in [-0.2, -0.15) is 13.2 Å². The molecule has 1 atom stereocenters. The van der Waals surface area contributed by atoms with Gasteiger partial charge < -0.3 is 25.0 Å². The summed E-state index contributed by atoms with van der Waals surface area (Å²) < 4.78 is 66.0. The van der Waals surface area contributed by atoms with Crippen molar-refractivity contribution >= 4 is 35.0 Å². The second-order valence-electron chi connectivity index (χ2n) is 11.6. The van der Waals surface area contributed by atoms with E-state index in [0.29, 0.717) is 19.3 Å². The maximum Gasteiger partial charge on any atom is 0.403 e. The number of carbonyl (C=O) groups is 3. The van der Waals surface area contributed by atoms with Crippen LogP contribution in [0.2, 0.25) is 5.02 Å². The molecule has 2 aromatic carbocycles. The van der Waals surface area contributed by atoms with E-state index in [-0.39, 0.29) is 48.2 Å². The predicted molar refractivity (Wildman–Crippen MR) is 138 cm³/mol. The van der Waals surface area contributed by atoms with Gasteiger partial charge in [0, 0.05) is 17.1 Å². The highest BCUT2D eigenvalue weighted by molar-refractivity contribution is 6.30. The van der Waals surface area contributed by atoms with Crippen LogP contribution in [0.5, 0.6) is 11.5 Å². The lowest BCUT2D eigenvalue weighted by molar-refractivity contribution is -0.190. The average Bonchev–Trinajstić information content (AvgIpc) is 3.69. The van der Waals surface area contributed by atoms with Gasteiger partial charge in [0.25, 0.3) is 11.8 Å². The second kappa shape index (κ2) is 9.23. The van der Waals surface area contributed by atoms with Crippen molar-refractivity contribution in [3.63, 3.8) is 0 Å². The number of nitrogens with one attached hydrogen (secondary N) is 2. The number of anilines is 1. The highest BCUT2D eigenvalue weighted by Gasteiger charge is 2.71. The van der Waals surface area contributed by atoms with Crippen molar-refractivity contribution in [3.8, 4) is 11.5 Å². The van der Waals surface area contributed by atoms with Gasteiger partial charge in [-0.25, -0.2) is 4.39 Å². The second-order valence-corrected chi connectivity index (χ2v) is 12.0. The van der Waals surface area contributed by atoms with Crippen LogP contribution < -0.4 is 25.0 Å². The summed E-state index contributed by atoms with van der Waals surface area (Å²) in [5, 5.41) is 5.74. The quantitative estimate of drug-likeness (QED) is 0.468. The molecule has 4 saturated carbocycles. The van der Waals surface area contributed by atoms with E-state index in [0.717, 1.165) is 16.5 Å². The first-order valence-corrected chi connectivity index (χ1v) is 13.5. The van der Waals surface area contributed by atoms with Crippen molar-refractivity contribution in [2.45, 2.75) is 62.4 Å². The molecule has 7 rings (SSSR count). The first-order valence-electron chi connectivity index (χ1n) is 13.1. The molecule has 4 aliphatic carbocycles. The number of hydrogen-bond acceptors (Lipinski definition) is 5. The van der Waals surface area contributed by atoms with Crippen LogP contribution in [0.1, 0.15) is 37.7 Å². The molecule has 2 N–H and O–H groups in total. The largest absolute Gasteiger partial charge is 0.484 e. The van der Waals surface area contributed by atoms with Crippen molar-refractivity contribution in [3.05, 3.63) is 52.8 Å². The molecule has 4 fully saturated rings. The molecule has 1 unspecified atom stereocenters. The summed E-state index contributed by atoms with van der Waals surface area (Å²) in [6, 6.07) is 8.66. The van der Waals surface area contributed by atoms with E-state index in [9.17, 15) is 31.9 Å². The number of benzene rings is 2. The molecular formula is C28H26ClF4N3O5. The Balaban J connectivity index is 1.06. The van der Waals surface area contributed by atoms with Crippen molar-refractivity contribution in [1.82, 2.24) is 10.6 Å². The van der Waals surface area contributed by atoms with Gasteiger partial charge in [0.15, 0.2) is 12.7 Å². The maximum absolute atomic E-state index is 13.8. The summed E-state index contributed by atoms with van der Waals surface area (Å²) in [7, 11) is 0. The molecule has 218 valence electrons. The van der Waals surface area contributed by atoms with E-state index in [1.54, 1.807) is 25.1 Å². The van der Waals surface area contributed by atoms with Crippen molar-refractivity contribution in [2.24, 2.45) is 5.41 Å². The first kappa shape index (κ1) is 27.6. The summed E-state index contributed by atoms with van der Waals surface area (Å²) in [5.41, 5.74) is -2.58. The number of carbonyl (C=O) groups excluding carboxylic acids is 3. The normalized spacial score (nSPS) is 26.9. The standard InChI is InChI=1S/C28H26ClF4N3O5/c1-15-2-5-20-19(8-15)36(24(39)27(6-7-27)28(31,32)33)10-21(41-20)23(38)35-26-12-25(13-26,14-26)34-22(37)11-40-16-3-4-17(29)18(30)9-16/h2-5,8-9,21H,6-7,10-14H2,1H3,(H,34,37)(H,35,38). The molecule has 1 aliphatic heterocycles. The minimum absolute atomic E-state index is 0.0617. The van der Waals surface area contributed by atoms with Crippen molar-refractivity contribution in [2.75, 3.05) is 18.1 Å². The van der Waals surface area contributed by atoms with E-state index in [1.807, 2.05) is 0 Å². The van der Waals surface area contributed by atoms with Crippen LogP contribution in [0.4, 0.5) is 23.2 Å². The fourth-order valence-electron chi connectivity index (χ4n) is 6.17. The number of fused-ring (bicyclic) bond motifs is 1. The van der Waals surface area contributed by atoms with Crippen LogP contribution in [0.3, 0.4) is 0 Å². The molecule has 0 spiro atoms. The van der Waals surface area contributed by atoms with Gasteiger partial charge in [-0.05, 0) is 68.9 Å². The first-order chi connectivity index (χ1) is 19.2. The number of ether oxygens (including phenoxy) is 2. The highest BCUT2D eigenvalue weighted by Crippen LogP contribution is 2.61. The number of nitrogens with zero attached hydrogens (tertiary/aromatic N) is 1. The summed E-state index contributed by atoms with van der Waals surface area (Å²) in [6.45, 7) is 1.07. The Labute approximate surface area is 237 Å². The Hall–Kier alpha value is -3.54. The molecule has 0 radical (unpaired) electrons. The van der Waals surface area contributed by atoms with Crippen molar-refractivity contribution in [1.29, 1.82) is 0 Å². The number of halogens is 5. The Kier molecular flexibility index (Phi) is 6.22. The molecule has 8 nitrogen and oxygen atoms in total. The zero-order chi connectivity index (χ0) is 29.4. The van der Waals surface area contributed by atoms with Crippen LogP contribution in [0.15, 0.2) is 36.4 Å². The van der Waals surface area contributed by atoms with Crippen LogP contribution in [0, 0.1) is 18.2 Å². The van der Waals surface area contributed by atoms with E-state index >= 15 is 0 Å². The lowest BCUT2D eigenvalue weighted by Gasteiger charge is -2.70. The lowest BCUT2D eigenvalue weighted by Crippen LogP contribution is -2.84. The number of amides is 3. The number of aryl methyl sites for hydroxylation is 1. The van der Waals surface area contributed by atoms with Gasteiger partial charge in [-0.3, -0.25) is 14.4 Å². The fourth-order valence-corrected chi connectivity index (χ4v) is 6.28.